The van der Waals surface area contributed by atoms with Crippen LogP contribution in [-0.2, 0) is 14.6 Å². The zero-order valence-electron chi connectivity index (χ0n) is 14.5. The second-order valence-corrected chi connectivity index (χ2v) is 9.17. The van der Waals surface area contributed by atoms with Crippen molar-refractivity contribution in [1.82, 2.24) is 15.1 Å². The number of nitrogens with zero attached hydrogens (tertiary/aromatic N) is 4. The Morgan fingerprint density at radius 1 is 1.17 bits per heavy atom. The van der Waals surface area contributed by atoms with E-state index in [1.165, 1.54) is 6.07 Å². The van der Waals surface area contributed by atoms with Crippen LogP contribution in [0.3, 0.4) is 0 Å². The van der Waals surface area contributed by atoms with E-state index in [0.29, 0.717) is 38.6 Å². The predicted octanol–water partition coefficient (Wildman–Crippen LogP) is 1.33. The number of aromatic nitrogens is 2. The number of anilines is 1. The van der Waals surface area contributed by atoms with Gasteiger partial charge in [0.1, 0.15) is 0 Å². The van der Waals surface area contributed by atoms with Crippen LogP contribution in [-0.4, -0.2) is 67.1 Å². The molecule has 0 bridgehead atoms. The summed E-state index contributed by atoms with van der Waals surface area (Å²) in [6.45, 7) is 9.28. The molecular formula is C15H24N4O4S. The van der Waals surface area contributed by atoms with Crippen LogP contribution < -0.4 is 4.90 Å². The van der Waals surface area contributed by atoms with Gasteiger partial charge in [-0.3, -0.25) is 0 Å². The Hall–Kier alpha value is -1.90. The highest BCUT2D eigenvalue weighted by Crippen LogP contribution is 2.24. The second kappa shape index (κ2) is 6.92. The topological polar surface area (TPSA) is 92.7 Å². The Bertz CT molecular complexity index is 674. The van der Waals surface area contributed by atoms with Crippen molar-refractivity contribution in [1.29, 1.82) is 0 Å². The third-order valence-corrected chi connectivity index (χ3v) is 6.22. The van der Waals surface area contributed by atoms with Gasteiger partial charge in [-0.2, -0.15) is 0 Å². The van der Waals surface area contributed by atoms with Crippen molar-refractivity contribution < 1.29 is 17.9 Å². The Morgan fingerprint density at radius 2 is 1.79 bits per heavy atom. The normalized spacial score (nSPS) is 16.2. The lowest BCUT2D eigenvalue weighted by atomic mass is 10.3. The molecule has 1 saturated heterocycles. The monoisotopic (exact) mass is 356 g/mol. The average Bonchev–Trinajstić information content (AvgIpc) is 2.54. The molecule has 1 aromatic heterocycles. The molecule has 0 saturated carbocycles. The summed E-state index contributed by atoms with van der Waals surface area (Å²) in [7, 11) is -3.51. The SMILES string of the molecule is CCOC(=O)N1CCN(c2ccc(S(=O)(=O)C(C)(C)C)nn2)CC1. The minimum absolute atomic E-state index is 0.0242. The van der Waals surface area contributed by atoms with Gasteiger partial charge < -0.3 is 14.5 Å². The largest absolute Gasteiger partial charge is 0.450 e. The van der Waals surface area contributed by atoms with Crippen LogP contribution in [0.4, 0.5) is 10.6 Å². The third kappa shape index (κ3) is 3.77. The summed E-state index contributed by atoms with van der Waals surface area (Å²) >= 11 is 0. The summed E-state index contributed by atoms with van der Waals surface area (Å²) in [4.78, 5) is 15.3. The summed E-state index contributed by atoms with van der Waals surface area (Å²) < 4.78 is 28.8. The lowest BCUT2D eigenvalue weighted by molar-refractivity contribution is 0.105. The molecule has 1 amide bonds. The molecule has 24 heavy (non-hydrogen) atoms. The Labute approximate surface area is 142 Å². The van der Waals surface area contributed by atoms with Gasteiger partial charge in [-0.1, -0.05) is 0 Å². The molecule has 0 aliphatic carbocycles. The zero-order chi connectivity index (χ0) is 18.0. The summed E-state index contributed by atoms with van der Waals surface area (Å²) in [5, 5.41) is 7.92. The van der Waals surface area contributed by atoms with Gasteiger partial charge in [0.15, 0.2) is 10.8 Å². The number of rotatable bonds is 3. The van der Waals surface area contributed by atoms with E-state index in [0.717, 1.165) is 0 Å². The van der Waals surface area contributed by atoms with E-state index < -0.39 is 14.6 Å². The highest BCUT2D eigenvalue weighted by Gasteiger charge is 2.32. The molecule has 2 rings (SSSR count). The van der Waals surface area contributed by atoms with Crippen molar-refractivity contribution in [2.45, 2.75) is 37.5 Å². The van der Waals surface area contributed by atoms with Gasteiger partial charge in [0, 0.05) is 26.2 Å². The van der Waals surface area contributed by atoms with Gasteiger partial charge in [0.25, 0.3) is 0 Å². The first-order valence-corrected chi connectivity index (χ1v) is 9.40. The van der Waals surface area contributed by atoms with Crippen molar-refractivity contribution in [2.24, 2.45) is 0 Å². The number of hydrogen-bond donors (Lipinski definition) is 0. The lowest BCUT2D eigenvalue weighted by Crippen LogP contribution is -2.49. The van der Waals surface area contributed by atoms with Gasteiger partial charge >= 0.3 is 6.09 Å². The molecule has 8 nitrogen and oxygen atoms in total. The smallest absolute Gasteiger partial charge is 0.409 e. The van der Waals surface area contributed by atoms with E-state index in [9.17, 15) is 13.2 Å². The molecule has 1 aliphatic rings. The van der Waals surface area contributed by atoms with Crippen molar-refractivity contribution in [3.8, 4) is 0 Å². The van der Waals surface area contributed by atoms with Gasteiger partial charge in [0.05, 0.1) is 11.4 Å². The number of hydrogen-bond acceptors (Lipinski definition) is 7. The molecule has 0 atom stereocenters. The molecule has 1 aliphatic heterocycles. The van der Waals surface area contributed by atoms with Crippen molar-refractivity contribution in [3.63, 3.8) is 0 Å². The van der Waals surface area contributed by atoms with E-state index in [2.05, 4.69) is 10.2 Å². The third-order valence-electron chi connectivity index (χ3n) is 3.84. The molecule has 1 aromatic rings. The van der Waals surface area contributed by atoms with Gasteiger partial charge in [-0.15, -0.1) is 10.2 Å². The van der Waals surface area contributed by atoms with E-state index in [1.54, 1.807) is 38.7 Å². The van der Waals surface area contributed by atoms with Crippen LogP contribution in [0.15, 0.2) is 17.2 Å². The lowest BCUT2D eigenvalue weighted by Gasteiger charge is -2.34. The predicted molar refractivity (Wildman–Crippen MR) is 89.8 cm³/mol. The number of piperazine rings is 1. The number of amides is 1. The maximum atomic E-state index is 12.3. The standard InChI is InChI=1S/C15H24N4O4S/c1-5-23-14(20)19-10-8-18(9-11-19)12-6-7-13(17-16-12)24(21,22)15(2,3)4/h6-7H,5,8-11H2,1-4H3. The molecule has 0 spiro atoms. The fraction of sp³-hybridized carbons (Fsp3) is 0.667. The summed E-state index contributed by atoms with van der Waals surface area (Å²) in [5.41, 5.74) is 0. The van der Waals surface area contributed by atoms with Crippen LogP contribution in [0.25, 0.3) is 0 Å². The van der Waals surface area contributed by atoms with Gasteiger partial charge in [0.2, 0.25) is 9.84 Å². The first-order valence-electron chi connectivity index (χ1n) is 7.92. The molecule has 0 aromatic carbocycles. The van der Waals surface area contributed by atoms with E-state index in [-0.39, 0.29) is 11.1 Å². The summed E-state index contributed by atoms with van der Waals surface area (Å²) in [5.74, 6) is 0.603. The second-order valence-electron chi connectivity index (χ2n) is 6.52. The highest BCUT2D eigenvalue weighted by atomic mass is 32.2. The molecule has 2 heterocycles. The minimum atomic E-state index is -3.51. The van der Waals surface area contributed by atoms with Crippen LogP contribution in [0, 0.1) is 0 Å². The molecule has 1 fully saturated rings. The molecule has 134 valence electrons. The van der Waals surface area contributed by atoms with Crippen LogP contribution in [0.1, 0.15) is 27.7 Å². The van der Waals surface area contributed by atoms with Crippen molar-refractivity contribution in [3.05, 3.63) is 12.1 Å². The Kier molecular flexibility index (Phi) is 5.32. The fourth-order valence-electron chi connectivity index (χ4n) is 2.27. The van der Waals surface area contributed by atoms with E-state index in [4.69, 9.17) is 4.74 Å². The number of carbonyl (C=O) groups is 1. The Balaban J connectivity index is 2.04. The minimum Gasteiger partial charge on any atom is -0.450 e. The highest BCUT2D eigenvalue weighted by molar-refractivity contribution is 7.92. The van der Waals surface area contributed by atoms with Crippen LogP contribution in [0.2, 0.25) is 0 Å². The molecule has 9 heteroatoms. The Morgan fingerprint density at radius 3 is 2.25 bits per heavy atom. The van der Waals surface area contributed by atoms with E-state index >= 15 is 0 Å². The summed E-state index contributed by atoms with van der Waals surface area (Å²) in [6.07, 6.45) is -0.310. The fourth-order valence-corrected chi connectivity index (χ4v) is 3.29. The first kappa shape index (κ1) is 18.4. The molecular weight excluding hydrogens is 332 g/mol. The molecule has 0 radical (unpaired) electrons. The number of ether oxygens (including phenoxy) is 1. The van der Waals surface area contributed by atoms with Crippen molar-refractivity contribution >= 4 is 21.7 Å². The summed E-state index contributed by atoms with van der Waals surface area (Å²) in [6, 6.07) is 3.15. The number of carbonyl (C=O) groups excluding carboxylic acids is 1. The van der Waals surface area contributed by atoms with Crippen LogP contribution in [0.5, 0.6) is 0 Å². The quantitative estimate of drug-likeness (QED) is 0.806. The van der Waals surface area contributed by atoms with Crippen molar-refractivity contribution in [2.75, 3.05) is 37.7 Å². The maximum absolute atomic E-state index is 12.3. The maximum Gasteiger partial charge on any atom is 0.409 e. The molecule has 0 unspecified atom stereocenters. The molecule has 0 N–H and O–H groups in total. The zero-order valence-corrected chi connectivity index (χ0v) is 15.3. The van der Waals surface area contributed by atoms with Crippen LogP contribution >= 0.6 is 0 Å². The van der Waals surface area contributed by atoms with Gasteiger partial charge in [-0.05, 0) is 39.8 Å². The van der Waals surface area contributed by atoms with Gasteiger partial charge in [-0.25, -0.2) is 13.2 Å². The average molecular weight is 356 g/mol. The van der Waals surface area contributed by atoms with E-state index in [1.807, 2.05) is 4.90 Å². The first-order chi connectivity index (χ1) is 11.2. The number of sulfone groups is 1.